The van der Waals surface area contributed by atoms with Crippen molar-refractivity contribution in [1.82, 2.24) is 4.98 Å². The van der Waals surface area contributed by atoms with Gasteiger partial charge in [0.25, 0.3) is 5.91 Å². The number of carbonyl (C=O) groups excluding carboxylic acids is 2. The lowest BCUT2D eigenvalue weighted by atomic mass is 10.1. The molecular weight excluding hydrogens is 371 g/mol. The number of esters is 1. The van der Waals surface area contributed by atoms with Gasteiger partial charge in [-0.3, -0.25) is 9.78 Å². The lowest BCUT2D eigenvalue weighted by Crippen LogP contribution is -2.14. The molecule has 0 bridgehead atoms. The molecule has 5 nitrogen and oxygen atoms in total. The first kappa shape index (κ1) is 18.3. The zero-order valence-electron chi connectivity index (χ0n) is 15.1. The van der Waals surface area contributed by atoms with E-state index in [4.69, 9.17) is 4.74 Å². The molecule has 6 heteroatoms. The molecule has 1 aromatic heterocycles. The van der Waals surface area contributed by atoms with E-state index < -0.39 is 11.8 Å². The molecule has 0 saturated carbocycles. The van der Waals surface area contributed by atoms with Crippen LogP contribution < -0.4 is 10.1 Å². The number of hydrogen-bond acceptors (Lipinski definition) is 4. The molecule has 1 heterocycles. The third kappa shape index (κ3) is 3.96. The van der Waals surface area contributed by atoms with E-state index in [1.54, 1.807) is 42.5 Å². The van der Waals surface area contributed by atoms with E-state index in [-0.39, 0.29) is 22.9 Å². The molecule has 0 unspecified atom stereocenters. The fraction of sp³-hybridized carbons (Fsp3) is 0. The summed E-state index contributed by atoms with van der Waals surface area (Å²) in [6.07, 6.45) is 1.54. The van der Waals surface area contributed by atoms with E-state index in [1.165, 1.54) is 30.5 Å². The van der Waals surface area contributed by atoms with Gasteiger partial charge >= 0.3 is 5.97 Å². The van der Waals surface area contributed by atoms with Crippen LogP contribution in [0.4, 0.5) is 10.1 Å². The Kier molecular flexibility index (Phi) is 4.99. The summed E-state index contributed by atoms with van der Waals surface area (Å²) in [7, 11) is 0. The fourth-order valence-corrected chi connectivity index (χ4v) is 2.92. The minimum absolute atomic E-state index is 0.221. The zero-order valence-corrected chi connectivity index (χ0v) is 15.1. The Morgan fingerprint density at radius 1 is 0.862 bits per heavy atom. The SMILES string of the molecule is O=C(Oc1cccc2cccc(NC(=O)c3ccccn3)c12)c1ccc(F)cc1. The quantitative estimate of drug-likeness (QED) is 0.402. The van der Waals surface area contributed by atoms with Crippen molar-refractivity contribution in [3.8, 4) is 5.75 Å². The van der Waals surface area contributed by atoms with Crippen LogP contribution in [0.3, 0.4) is 0 Å². The number of benzene rings is 3. The van der Waals surface area contributed by atoms with Crippen LogP contribution in [0.25, 0.3) is 10.8 Å². The first-order valence-corrected chi connectivity index (χ1v) is 8.84. The molecule has 1 amide bonds. The summed E-state index contributed by atoms with van der Waals surface area (Å²) >= 11 is 0. The molecule has 0 fully saturated rings. The number of rotatable bonds is 4. The molecule has 0 atom stereocenters. The predicted molar refractivity (Wildman–Crippen MR) is 107 cm³/mol. The Morgan fingerprint density at radius 2 is 1.62 bits per heavy atom. The topological polar surface area (TPSA) is 68.3 Å². The Hall–Kier alpha value is -4.06. The van der Waals surface area contributed by atoms with Gasteiger partial charge in [-0.2, -0.15) is 0 Å². The molecule has 0 aliphatic heterocycles. The molecule has 1 N–H and O–H groups in total. The van der Waals surface area contributed by atoms with Crippen molar-refractivity contribution in [2.45, 2.75) is 0 Å². The van der Waals surface area contributed by atoms with Gasteiger partial charge < -0.3 is 10.1 Å². The summed E-state index contributed by atoms with van der Waals surface area (Å²) in [6.45, 7) is 0. The number of pyridine rings is 1. The fourth-order valence-electron chi connectivity index (χ4n) is 2.92. The number of amides is 1. The summed E-state index contributed by atoms with van der Waals surface area (Å²) in [4.78, 5) is 29.1. The molecule has 0 saturated heterocycles. The summed E-state index contributed by atoms with van der Waals surface area (Å²) in [5, 5.41) is 4.18. The minimum atomic E-state index is -0.622. The summed E-state index contributed by atoms with van der Waals surface area (Å²) in [6, 6.07) is 20.7. The second-order valence-electron chi connectivity index (χ2n) is 6.23. The lowest BCUT2D eigenvalue weighted by Gasteiger charge is -2.13. The molecule has 4 rings (SSSR count). The van der Waals surface area contributed by atoms with Crippen LogP contribution in [-0.4, -0.2) is 16.9 Å². The first-order valence-electron chi connectivity index (χ1n) is 8.84. The van der Waals surface area contributed by atoms with Crippen LogP contribution in [-0.2, 0) is 0 Å². The van der Waals surface area contributed by atoms with Crippen molar-refractivity contribution >= 4 is 28.3 Å². The van der Waals surface area contributed by atoms with Crippen molar-refractivity contribution in [3.63, 3.8) is 0 Å². The number of nitrogens with zero attached hydrogens (tertiary/aromatic N) is 1. The van der Waals surface area contributed by atoms with Crippen molar-refractivity contribution in [2.75, 3.05) is 5.32 Å². The van der Waals surface area contributed by atoms with Crippen LogP contribution in [0.5, 0.6) is 5.75 Å². The molecule has 0 aliphatic carbocycles. The number of carbonyl (C=O) groups is 2. The summed E-state index contributed by atoms with van der Waals surface area (Å²) < 4.78 is 18.7. The van der Waals surface area contributed by atoms with Crippen molar-refractivity contribution in [3.05, 3.63) is 102 Å². The number of hydrogen-bond donors (Lipinski definition) is 1. The Labute approximate surface area is 165 Å². The lowest BCUT2D eigenvalue weighted by molar-refractivity contribution is 0.0737. The maximum Gasteiger partial charge on any atom is 0.343 e. The smallest absolute Gasteiger partial charge is 0.343 e. The van der Waals surface area contributed by atoms with Crippen molar-refractivity contribution in [1.29, 1.82) is 0 Å². The molecule has 0 radical (unpaired) electrons. The number of nitrogens with one attached hydrogen (secondary N) is 1. The highest BCUT2D eigenvalue weighted by molar-refractivity contribution is 6.10. The van der Waals surface area contributed by atoms with Crippen LogP contribution in [0.2, 0.25) is 0 Å². The van der Waals surface area contributed by atoms with Crippen molar-refractivity contribution < 1.29 is 18.7 Å². The number of halogens is 1. The summed E-state index contributed by atoms with van der Waals surface area (Å²) in [5.41, 5.74) is 0.976. The first-order chi connectivity index (χ1) is 14.1. The van der Waals surface area contributed by atoms with E-state index in [1.807, 2.05) is 12.1 Å². The highest BCUT2D eigenvalue weighted by Crippen LogP contribution is 2.33. The largest absolute Gasteiger partial charge is 0.422 e. The maximum atomic E-state index is 13.1. The maximum absolute atomic E-state index is 13.1. The minimum Gasteiger partial charge on any atom is -0.422 e. The summed E-state index contributed by atoms with van der Waals surface area (Å²) in [5.74, 6) is -1.15. The van der Waals surface area contributed by atoms with Gasteiger partial charge in [0.15, 0.2) is 0 Å². The van der Waals surface area contributed by atoms with E-state index in [0.717, 1.165) is 5.39 Å². The molecule has 142 valence electrons. The molecule has 29 heavy (non-hydrogen) atoms. The molecule has 3 aromatic carbocycles. The van der Waals surface area contributed by atoms with Crippen molar-refractivity contribution in [2.24, 2.45) is 0 Å². The van der Waals surface area contributed by atoms with Gasteiger partial charge in [0.1, 0.15) is 17.3 Å². The highest BCUT2D eigenvalue weighted by atomic mass is 19.1. The number of ether oxygens (including phenoxy) is 1. The van der Waals surface area contributed by atoms with E-state index in [9.17, 15) is 14.0 Å². The van der Waals surface area contributed by atoms with Gasteiger partial charge in [-0.05, 0) is 53.9 Å². The average Bonchev–Trinajstić information content (AvgIpc) is 2.75. The van der Waals surface area contributed by atoms with Gasteiger partial charge in [-0.25, -0.2) is 9.18 Å². The third-order valence-electron chi connectivity index (χ3n) is 4.29. The number of aromatic nitrogens is 1. The van der Waals surface area contributed by atoms with Crippen LogP contribution in [0, 0.1) is 5.82 Å². The van der Waals surface area contributed by atoms with Gasteiger partial charge in [-0.15, -0.1) is 0 Å². The normalized spacial score (nSPS) is 10.5. The Bertz CT molecular complexity index is 1190. The second kappa shape index (κ2) is 7.90. The Morgan fingerprint density at radius 3 is 2.34 bits per heavy atom. The predicted octanol–water partition coefficient (Wildman–Crippen LogP) is 4.85. The van der Waals surface area contributed by atoms with Gasteiger partial charge in [0.05, 0.1) is 11.3 Å². The molecule has 0 spiro atoms. The number of fused-ring (bicyclic) bond motifs is 1. The number of anilines is 1. The molecule has 4 aromatic rings. The van der Waals surface area contributed by atoms with E-state index in [0.29, 0.717) is 11.1 Å². The van der Waals surface area contributed by atoms with Gasteiger partial charge in [-0.1, -0.05) is 30.3 Å². The standard InChI is InChI=1S/C23H15FN2O3/c24-17-12-10-16(11-13-17)23(28)29-20-9-4-6-15-5-3-8-18(21(15)20)26-22(27)19-7-1-2-14-25-19/h1-14H,(H,26,27). The third-order valence-corrected chi connectivity index (χ3v) is 4.29. The Balaban J connectivity index is 1.69. The van der Waals surface area contributed by atoms with E-state index >= 15 is 0 Å². The van der Waals surface area contributed by atoms with Crippen LogP contribution in [0.15, 0.2) is 85.1 Å². The average molecular weight is 386 g/mol. The van der Waals surface area contributed by atoms with Gasteiger partial charge in [0, 0.05) is 11.6 Å². The molecular formula is C23H15FN2O3. The highest BCUT2D eigenvalue weighted by Gasteiger charge is 2.15. The zero-order chi connectivity index (χ0) is 20.2. The van der Waals surface area contributed by atoms with E-state index in [2.05, 4.69) is 10.3 Å². The monoisotopic (exact) mass is 386 g/mol. The van der Waals surface area contributed by atoms with Crippen LogP contribution in [0.1, 0.15) is 20.8 Å². The van der Waals surface area contributed by atoms with Gasteiger partial charge in [0.2, 0.25) is 0 Å². The molecule has 0 aliphatic rings. The second-order valence-corrected chi connectivity index (χ2v) is 6.23. The van der Waals surface area contributed by atoms with Crippen LogP contribution >= 0.6 is 0 Å².